The average molecular weight is 833 g/mol. The maximum absolute atomic E-state index is 14.4. The lowest BCUT2D eigenvalue weighted by molar-refractivity contribution is -0.247. The number of aliphatic carboxylic acids is 1. The molecule has 326 valence electrons. The molecule has 60 heavy (non-hydrogen) atoms. The van der Waals surface area contributed by atoms with Crippen LogP contribution in [0.15, 0.2) is 84.5 Å². The number of carbonyl (C=O) groups is 6. The molecule has 0 aromatic heterocycles. The standard InChI is InChI=1S/C29H34O7.C14H20N2O3.C3H6O2/c1-16-11-14-29(33)25(36-26(32)18-9-7-6-8-10-18)22-19-15-34-20(19)12-13-28(22,5)24(31)23(35-17(2)30)21(16)27(29,3)4;1-14(2,3)16-13(19)15-11(9-12(17)18)10-7-5-4-6-8-10;1-3(4)5-2/h6-13,19-23,25,33H,14-15H2,1-5H3;4-8,11H,9H2,1-3H3,(H,17,18)(H2,15,16,19);1-2H3/t19?,20-,21?,22?,23-,25+,28-,29-;11-;/m11./s1. The van der Waals surface area contributed by atoms with Gasteiger partial charge in [-0.25, -0.2) is 9.59 Å². The maximum atomic E-state index is 14.4. The number of ether oxygens (including phenoxy) is 4. The van der Waals surface area contributed by atoms with E-state index >= 15 is 0 Å². The molecule has 9 atom stereocenters. The Bertz CT molecular complexity index is 1960. The smallest absolute Gasteiger partial charge is 0.338 e. The van der Waals surface area contributed by atoms with Crippen LogP contribution in [0.25, 0.3) is 0 Å². The summed E-state index contributed by atoms with van der Waals surface area (Å²) in [6.45, 7) is 16.1. The van der Waals surface area contributed by atoms with E-state index in [1.165, 1.54) is 21.0 Å². The molecule has 3 unspecified atom stereocenters. The van der Waals surface area contributed by atoms with Crippen molar-refractivity contribution in [1.82, 2.24) is 10.6 Å². The fourth-order valence-electron chi connectivity index (χ4n) is 8.74. The molecule has 1 aliphatic heterocycles. The highest BCUT2D eigenvalue weighted by molar-refractivity contribution is 5.94. The lowest BCUT2D eigenvalue weighted by atomic mass is 9.46. The summed E-state index contributed by atoms with van der Waals surface area (Å²) in [5.74, 6) is -3.85. The summed E-state index contributed by atoms with van der Waals surface area (Å²) >= 11 is 0. The van der Waals surface area contributed by atoms with Crippen LogP contribution in [0.2, 0.25) is 0 Å². The molecule has 4 aliphatic rings. The largest absolute Gasteiger partial charge is 0.481 e. The Labute approximate surface area is 352 Å². The number of Topliss-reactive ketones (excluding diaryl/α,β-unsaturated/α-hetero) is 1. The summed E-state index contributed by atoms with van der Waals surface area (Å²) < 4.78 is 21.9. The molecule has 2 aromatic rings. The van der Waals surface area contributed by atoms with Gasteiger partial charge in [0.05, 0.1) is 43.3 Å². The van der Waals surface area contributed by atoms with Gasteiger partial charge in [0.15, 0.2) is 11.9 Å². The number of aliphatic hydroxyl groups is 1. The second-order valence-electron chi connectivity index (χ2n) is 17.6. The number of hydrogen-bond donors (Lipinski definition) is 4. The molecular weight excluding hydrogens is 773 g/mol. The minimum atomic E-state index is -1.53. The highest BCUT2D eigenvalue weighted by Gasteiger charge is 2.70. The van der Waals surface area contributed by atoms with E-state index in [4.69, 9.17) is 19.3 Å². The predicted octanol–water partition coefficient (Wildman–Crippen LogP) is 6.14. The molecule has 0 radical (unpaired) electrons. The topological polar surface area (TPSA) is 204 Å². The molecule has 14 heteroatoms. The first-order chi connectivity index (χ1) is 28.0. The third-order valence-electron chi connectivity index (χ3n) is 11.9. The Morgan fingerprint density at radius 1 is 0.933 bits per heavy atom. The number of carbonyl (C=O) groups excluding carboxylic acids is 5. The number of amides is 2. The van der Waals surface area contributed by atoms with Crippen molar-refractivity contribution in [3.8, 4) is 0 Å². The van der Waals surface area contributed by atoms with E-state index < -0.39 is 64.4 Å². The van der Waals surface area contributed by atoms with E-state index in [9.17, 15) is 33.9 Å². The van der Waals surface area contributed by atoms with Gasteiger partial charge in [-0.1, -0.05) is 86.2 Å². The van der Waals surface area contributed by atoms with Gasteiger partial charge in [-0.15, -0.1) is 0 Å². The molecule has 1 saturated heterocycles. The Hall–Kier alpha value is -5.34. The van der Waals surface area contributed by atoms with Gasteiger partial charge in [-0.05, 0) is 58.7 Å². The van der Waals surface area contributed by atoms with Crippen LogP contribution in [0.3, 0.4) is 0 Å². The zero-order valence-corrected chi connectivity index (χ0v) is 36.1. The molecule has 0 spiro atoms. The summed E-state index contributed by atoms with van der Waals surface area (Å²) in [7, 11) is 1.35. The summed E-state index contributed by atoms with van der Waals surface area (Å²) in [6, 6.07) is 16.8. The number of hydrogen-bond acceptors (Lipinski definition) is 11. The average Bonchev–Trinajstić information content (AvgIpc) is 3.15. The first-order valence-corrected chi connectivity index (χ1v) is 20.0. The first kappa shape index (κ1) is 47.3. The fraction of sp³-hybridized carbons (Fsp3) is 0.522. The number of nitrogens with one attached hydrogen (secondary N) is 2. The van der Waals surface area contributed by atoms with E-state index in [0.29, 0.717) is 12.2 Å². The van der Waals surface area contributed by atoms with Crippen LogP contribution in [0.1, 0.15) is 97.1 Å². The quantitative estimate of drug-likeness (QED) is 0.141. The molecule has 6 rings (SSSR count). The molecule has 2 bridgehead atoms. The summed E-state index contributed by atoms with van der Waals surface area (Å²) in [5.41, 5.74) is -2.00. The van der Waals surface area contributed by atoms with Gasteiger partial charge in [0.2, 0.25) is 0 Å². The van der Waals surface area contributed by atoms with Gasteiger partial charge in [0, 0.05) is 42.6 Å². The Morgan fingerprint density at radius 2 is 1.52 bits per heavy atom. The van der Waals surface area contributed by atoms with Crippen molar-refractivity contribution in [2.24, 2.45) is 28.6 Å². The van der Waals surface area contributed by atoms with Crippen LogP contribution >= 0.6 is 0 Å². The van der Waals surface area contributed by atoms with Crippen LogP contribution in [0.4, 0.5) is 4.79 Å². The number of rotatable bonds is 7. The van der Waals surface area contributed by atoms with Crippen molar-refractivity contribution in [2.45, 2.75) is 111 Å². The van der Waals surface area contributed by atoms with Crippen molar-refractivity contribution in [1.29, 1.82) is 0 Å². The minimum Gasteiger partial charge on any atom is -0.481 e. The molecule has 2 fully saturated rings. The zero-order chi connectivity index (χ0) is 44.8. The molecule has 4 N–H and O–H groups in total. The van der Waals surface area contributed by atoms with E-state index in [2.05, 4.69) is 15.4 Å². The minimum absolute atomic E-state index is 0.140. The Morgan fingerprint density at radius 3 is 2.02 bits per heavy atom. The molecule has 2 aromatic carbocycles. The second kappa shape index (κ2) is 18.9. The fourth-order valence-corrected chi connectivity index (χ4v) is 8.74. The molecule has 2 amide bonds. The molecule has 1 heterocycles. The summed E-state index contributed by atoms with van der Waals surface area (Å²) in [4.78, 5) is 72.3. The number of allylic oxidation sites excluding steroid dienone is 1. The predicted molar refractivity (Wildman–Crippen MR) is 221 cm³/mol. The number of methoxy groups -OCH3 is 1. The van der Waals surface area contributed by atoms with Gasteiger partial charge in [0.1, 0.15) is 11.7 Å². The Kier molecular flexibility index (Phi) is 14.9. The van der Waals surface area contributed by atoms with Crippen LogP contribution in [0.5, 0.6) is 0 Å². The summed E-state index contributed by atoms with van der Waals surface area (Å²) in [6.07, 6.45) is 3.34. The number of urea groups is 1. The number of benzene rings is 2. The SMILES string of the molecule is CC(=O)O[C@H]1C(=O)[C@]2(C)C=C[C@H]3OCC3C2[C@H](OC(=O)c2ccccc2)[C@]2(O)CC=C(C)C1C2(C)C.CC(C)(C)NC(=O)N[C@H](CC(=O)O)c1ccccc1.COC(C)=O. The van der Waals surface area contributed by atoms with Crippen LogP contribution in [-0.4, -0.2) is 89.1 Å². The van der Waals surface area contributed by atoms with Gasteiger partial charge < -0.3 is 39.8 Å². The van der Waals surface area contributed by atoms with Crippen molar-refractivity contribution < 1.29 is 57.9 Å². The highest BCUT2D eigenvalue weighted by atomic mass is 16.6. The molecular formula is C46H60N2O12. The number of carboxylic acids is 1. The van der Waals surface area contributed by atoms with E-state index in [0.717, 1.165) is 11.1 Å². The monoisotopic (exact) mass is 832 g/mol. The molecule has 3 aliphatic carbocycles. The van der Waals surface area contributed by atoms with Crippen molar-refractivity contribution in [3.05, 3.63) is 95.6 Å². The van der Waals surface area contributed by atoms with Crippen LogP contribution < -0.4 is 10.6 Å². The van der Waals surface area contributed by atoms with E-state index in [1.807, 2.05) is 78.0 Å². The van der Waals surface area contributed by atoms with Crippen LogP contribution in [-0.2, 0) is 38.1 Å². The maximum Gasteiger partial charge on any atom is 0.338 e. The highest BCUT2D eigenvalue weighted by Crippen LogP contribution is 2.61. The molecule has 14 nitrogen and oxygen atoms in total. The molecule has 1 saturated carbocycles. The third kappa shape index (κ3) is 10.5. The number of esters is 3. The van der Waals surface area contributed by atoms with Gasteiger partial charge >= 0.3 is 29.9 Å². The number of ketones is 1. The van der Waals surface area contributed by atoms with Gasteiger partial charge in [-0.2, -0.15) is 0 Å². The van der Waals surface area contributed by atoms with Crippen molar-refractivity contribution >= 4 is 35.7 Å². The zero-order valence-electron chi connectivity index (χ0n) is 36.1. The van der Waals surface area contributed by atoms with E-state index in [-0.39, 0.29) is 48.2 Å². The lowest BCUT2D eigenvalue weighted by Gasteiger charge is -2.62. The van der Waals surface area contributed by atoms with Crippen molar-refractivity contribution in [2.75, 3.05) is 13.7 Å². The Balaban J connectivity index is 0.000000278. The van der Waals surface area contributed by atoms with Crippen LogP contribution in [0, 0.1) is 28.6 Å². The summed E-state index contributed by atoms with van der Waals surface area (Å²) in [5, 5.41) is 26.9. The first-order valence-electron chi connectivity index (χ1n) is 20.0. The second-order valence-corrected chi connectivity index (χ2v) is 17.6. The number of carboxylic acid groups (broad SMARTS) is 1. The lowest BCUT2D eigenvalue weighted by Crippen LogP contribution is -2.72. The van der Waals surface area contributed by atoms with Gasteiger partial charge in [-0.3, -0.25) is 19.2 Å². The van der Waals surface area contributed by atoms with Crippen molar-refractivity contribution in [3.63, 3.8) is 0 Å². The van der Waals surface area contributed by atoms with Gasteiger partial charge in [0.25, 0.3) is 0 Å². The number of fused-ring (bicyclic) bond motifs is 5. The third-order valence-corrected chi connectivity index (χ3v) is 11.9. The normalized spacial score (nSPS) is 28.8. The van der Waals surface area contributed by atoms with E-state index in [1.54, 1.807) is 49.4 Å².